The lowest BCUT2D eigenvalue weighted by molar-refractivity contribution is 0.352. The van der Waals surface area contributed by atoms with Gasteiger partial charge in [-0.2, -0.15) is 4.98 Å². The molecule has 0 radical (unpaired) electrons. The molecule has 0 saturated carbocycles. The molecule has 2 N–H and O–H groups in total. The van der Waals surface area contributed by atoms with E-state index in [0.29, 0.717) is 17.6 Å². The Bertz CT molecular complexity index is 268. The molecule has 0 fully saturated rings. The van der Waals surface area contributed by atoms with Gasteiger partial charge in [-0.3, -0.25) is 0 Å². The van der Waals surface area contributed by atoms with Crippen molar-refractivity contribution in [3.63, 3.8) is 0 Å². The van der Waals surface area contributed by atoms with Crippen LogP contribution in [0, 0.1) is 5.92 Å². The second-order valence-electron chi connectivity index (χ2n) is 3.92. The van der Waals surface area contributed by atoms with E-state index in [1.807, 2.05) is 27.7 Å². The van der Waals surface area contributed by atoms with Crippen LogP contribution >= 0.6 is 0 Å². The molecule has 4 nitrogen and oxygen atoms in total. The van der Waals surface area contributed by atoms with Crippen LogP contribution in [0.4, 0.5) is 0 Å². The largest absolute Gasteiger partial charge is 0.339 e. The van der Waals surface area contributed by atoms with E-state index in [2.05, 4.69) is 10.1 Å². The van der Waals surface area contributed by atoms with Crippen LogP contribution in [-0.2, 0) is 0 Å². The van der Waals surface area contributed by atoms with Crippen LogP contribution in [0.15, 0.2) is 4.52 Å². The van der Waals surface area contributed by atoms with E-state index in [-0.39, 0.29) is 12.0 Å². The average Bonchev–Trinajstić information content (AvgIpc) is 2.50. The molecule has 1 aromatic heterocycles. The van der Waals surface area contributed by atoms with E-state index < -0.39 is 0 Å². The topological polar surface area (TPSA) is 64.9 Å². The summed E-state index contributed by atoms with van der Waals surface area (Å²) in [4.78, 5) is 4.23. The SMILES string of the molecule is CC(C)c1nc(C(N)C(C)C)no1. The zero-order valence-corrected chi connectivity index (χ0v) is 8.61. The average molecular weight is 183 g/mol. The molecule has 1 atom stereocenters. The van der Waals surface area contributed by atoms with Gasteiger partial charge in [0.15, 0.2) is 5.82 Å². The van der Waals surface area contributed by atoms with Gasteiger partial charge >= 0.3 is 0 Å². The van der Waals surface area contributed by atoms with Gasteiger partial charge in [-0.1, -0.05) is 32.9 Å². The van der Waals surface area contributed by atoms with Crippen LogP contribution in [0.25, 0.3) is 0 Å². The minimum atomic E-state index is -0.128. The summed E-state index contributed by atoms with van der Waals surface area (Å²) in [6.07, 6.45) is 0. The fourth-order valence-electron chi connectivity index (χ4n) is 0.915. The zero-order chi connectivity index (χ0) is 10.0. The smallest absolute Gasteiger partial charge is 0.229 e. The number of nitrogens with two attached hydrogens (primary N) is 1. The molecule has 0 aliphatic rings. The number of nitrogens with zero attached hydrogens (tertiary/aromatic N) is 2. The summed E-state index contributed by atoms with van der Waals surface area (Å²) in [5.41, 5.74) is 5.87. The van der Waals surface area contributed by atoms with Crippen molar-refractivity contribution in [3.8, 4) is 0 Å². The number of rotatable bonds is 3. The first-order chi connectivity index (χ1) is 6.02. The van der Waals surface area contributed by atoms with Gasteiger partial charge in [-0.05, 0) is 5.92 Å². The Balaban J connectivity index is 2.79. The van der Waals surface area contributed by atoms with Gasteiger partial charge in [-0.15, -0.1) is 0 Å². The maximum absolute atomic E-state index is 5.87. The molecular formula is C9H17N3O. The van der Waals surface area contributed by atoms with Gasteiger partial charge in [0.2, 0.25) is 5.89 Å². The summed E-state index contributed by atoms with van der Waals surface area (Å²) in [7, 11) is 0. The van der Waals surface area contributed by atoms with Crippen molar-refractivity contribution < 1.29 is 4.52 Å². The first-order valence-corrected chi connectivity index (χ1v) is 4.61. The molecule has 0 spiro atoms. The second-order valence-corrected chi connectivity index (χ2v) is 3.92. The highest BCUT2D eigenvalue weighted by Crippen LogP contribution is 2.18. The monoisotopic (exact) mass is 183 g/mol. The van der Waals surface area contributed by atoms with Crippen LogP contribution in [-0.4, -0.2) is 10.1 Å². The van der Waals surface area contributed by atoms with Crippen LogP contribution in [0.3, 0.4) is 0 Å². The van der Waals surface area contributed by atoms with Crippen molar-refractivity contribution >= 4 is 0 Å². The molecule has 0 aromatic carbocycles. The highest BCUT2D eigenvalue weighted by molar-refractivity contribution is 4.96. The third kappa shape index (κ3) is 2.28. The first kappa shape index (κ1) is 10.2. The molecule has 0 bridgehead atoms. The minimum Gasteiger partial charge on any atom is -0.339 e. The van der Waals surface area contributed by atoms with Crippen molar-refractivity contribution in [1.82, 2.24) is 10.1 Å². The van der Waals surface area contributed by atoms with Crippen LogP contribution in [0.1, 0.15) is 51.4 Å². The Hall–Kier alpha value is -0.900. The van der Waals surface area contributed by atoms with Crippen LogP contribution in [0.5, 0.6) is 0 Å². The van der Waals surface area contributed by atoms with E-state index in [0.717, 1.165) is 0 Å². The maximum Gasteiger partial charge on any atom is 0.229 e. The van der Waals surface area contributed by atoms with E-state index in [1.165, 1.54) is 0 Å². The molecule has 1 aromatic rings. The van der Waals surface area contributed by atoms with E-state index >= 15 is 0 Å². The summed E-state index contributed by atoms with van der Waals surface area (Å²) < 4.78 is 5.06. The Morgan fingerprint density at radius 2 is 1.85 bits per heavy atom. The fourth-order valence-corrected chi connectivity index (χ4v) is 0.915. The van der Waals surface area contributed by atoms with Crippen LogP contribution in [0.2, 0.25) is 0 Å². The molecule has 0 aliphatic heterocycles. The summed E-state index contributed by atoms with van der Waals surface area (Å²) in [5, 5.41) is 3.85. The minimum absolute atomic E-state index is 0.128. The molecule has 74 valence electrons. The number of aromatic nitrogens is 2. The third-order valence-electron chi connectivity index (χ3n) is 1.97. The summed E-state index contributed by atoms with van der Waals surface area (Å²) >= 11 is 0. The normalized spacial score (nSPS) is 14.1. The van der Waals surface area contributed by atoms with Crippen molar-refractivity contribution in [2.75, 3.05) is 0 Å². The van der Waals surface area contributed by atoms with Crippen LogP contribution < -0.4 is 5.73 Å². The van der Waals surface area contributed by atoms with E-state index in [1.54, 1.807) is 0 Å². The highest BCUT2D eigenvalue weighted by atomic mass is 16.5. The second kappa shape index (κ2) is 3.87. The molecule has 1 rings (SSSR count). The molecule has 13 heavy (non-hydrogen) atoms. The maximum atomic E-state index is 5.87. The van der Waals surface area contributed by atoms with E-state index in [4.69, 9.17) is 10.3 Å². The van der Waals surface area contributed by atoms with Gasteiger partial charge in [0, 0.05) is 5.92 Å². The molecule has 0 aliphatic carbocycles. The molecular weight excluding hydrogens is 166 g/mol. The van der Waals surface area contributed by atoms with Gasteiger partial charge in [0.25, 0.3) is 0 Å². The number of hydrogen-bond acceptors (Lipinski definition) is 4. The quantitative estimate of drug-likeness (QED) is 0.776. The van der Waals surface area contributed by atoms with Crippen molar-refractivity contribution in [2.24, 2.45) is 11.7 Å². The highest BCUT2D eigenvalue weighted by Gasteiger charge is 2.18. The van der Waals surface area contributed by atoms with Gasteiger partial charge in [-0.25, -0.2) is 0 Å². The standard InChI is InChI=1S/C9H17N3O/c1-5(2)7(10)8-11-9(6(3)4)13-12-8/h5-7H,10H2,1-4H3. The predicted molar refractivity (Wildman–Crippen MR) is 50.2 cm³/mol. The van der Waals surface area contributed by atoms with Crippen molar-refractivity contribution in [3.05, 3.63) is 11.7 Å². The zero-order valence-electron chi connectivity index (χ0n) is 8.61. The van der Waals surface area contributed by atoms with Gasteiger partial charge in [0.05, 0.1) is 6.04 Å². The fraction of sp³-hybridized carbons (Fsp3) is 0.778. The van der Waals surface area contributed by atoms with Gasteiger partial charge < -0.3 is 10.3 Å². The molecule has 1 unspecified atom stereocenters. The number of hydrogen-bond donors (Lipinski definition) is 1. The summed E-state index contributed by atoms with van der Waals surface area (Å²) in [6, 6.07) is -0.128. The lowest BCUT2D eigenvalue weighted by Crippen LogP contribution is -2.18. The third-order valence-corrected chi connectivity index (χ3v) is 1.97. The lowest BCUT2D eigenvalue weighted by Gasteiger charge is -2.09. The molecule has 0 saturated heterocycles. The molecule has 4 heteroatoms. The predicted octanol–water partition coefficient (Wildman–Crippen LogP) is 1.85. The Labute approximate surface area is 78.5 Å². The Morgan fingerprint density at radius 1 is 1.23 bits per heavy atom. The Kier molecular flexibility index (Phi) is 3.03. The Morgan fingerprint density at radius 3 is 2.23 bits per heavy atom. The van der Waals surface area contributed by atoms with Gasteiger partial charge in [0.1, 0.15) is 0 Å². The first-order valence-electron chi connectivity index (χ1n) is 4.61. The lowest BCUT2D eigenvalue weighted by atomic mass is 10.1. The van der Waals surface area contributed by atoms with Crippen molar-refractivity contribution in [2.45, 2.75) is 39.7 Å². The summed E-state index contributed by atoms with van der Waals surface area (Å²) in [6.45, 7) is 8.10. The van der Waals surface area contributed by atoms with Crippen molar-refractivity contribution in [1.29, 1.82) is 0 Å². The molecule has 1 heterocycles. The molecule has 0 amide bonds. The van der Waals surface area contributed by atoms with E-state index in [9.17, 15) is 0 Å². The summed E-state index contributed by atoms with van der Waals surface area (Å²) in [5.74, 6) is 1.86.